The maximum Gasteiger partial charge on any atom is 0.412 e. The summed E-state index contributed by atoms with van der Waals surface area (Å²) in [4.78, 5) is 26.5. The molecule has 1 N–H and O–H groups in total. The standard InChI is InChI=1S/C40H39ClF3N7O5S/c1-38(2,3)56-37(52)49-35-23(14-45)26-22(5-6-24(43)33(26)57-35)27-29(41)32-28-31(30(27)44)47-36(55-19-40-8-4-11-50(40)15-20(42)13-40)48-34(28)51(21-7-12-53-16-21)25(17-54-32)39(18-46)9-10-39/h5-6,20-21,25H,4,7-13,15-17,19H2,1-3H3,(H,49,52)/t20-,21?,25?,40+/m1/s1. The highest BCUT2D eigenvalue weighted by Crippen LogP contribution is 2.56. The average molecular weight is 822 g/mol. The van der Waals surface area contributed by atoms with Crippen LogP contribution in [0.1, 0.15) is 64.9 Å². The van der Waals surface area contributed by atoms with Crippen LogP contribution in [0.25, 0.3) is 32.1 Å². The second-order valence-electron chi connectivity index (χ2n) is 16.6. The average Bonchev–Trinajstić information content (AvgIpc) is 3.40. The van der Waals surface area contributed by atoms with E-state index in [2.05, 4.69) is 27.3 Å². The molecule has 12 nitrogen and oxygen atoms in total. The van der Waals surface area contributed by atoms with Crippen LogP contribution in [0.15, 0.2) is 12.1 Å². The number of anilines is 2. The summed E-state index contributed by atoms with van der Waals surface area (Å²) < 4.78 is 72.2. The Bertz CT molecular complexity index is 2420. The summed E-state index contributed by atoms with van der Waals surface area (Å²) in [6.07, 6.45) is 1.91. The molecule has 2 unspecified atom stereocenters. The van der Waals surface area contributed by atoms with Gasteiger partial charge in [0.1, 0.15) is 53.2 Å². The summed E-state index contributed by atoms with van der Waals surface area (Å²) in [7, 11) is 0. The molecule has 2 aromatic carbocycles. The number of rotatable bonds is 7. The molecule has 1 aliphatic carbocycles. The van der Waals surface area contributed by atoms with Crippen LogP contribution in [0.2, 0.25) is 5.02 Å². The molecule has 4 atom stereocenters. The van der Waals surface area contributed by atoms with E-state index in [9.17, 15) is 19.7 Å². The van der Waals surface area contributed by atoms with Crippen LogP contribution in [-0.2, 0) is 9.47 Å². The third-order valence-corrected chi connectivity index (χ3v) is 13.3. The summed E-state index contributed by atoms with van der Waals surface area (Å²) in [6.45, 7) is 6.98. The quantitative estimate of drug-likeness (QED) is 0.192. The third-order valence-electron chi connectivity index (χ3n) is 11.9. The Hall–Kier alpha value is -4.61. The fourth-order valence-electron chi connectivity index (χ4n) is 9.12. The first kappa shape index (κ1) is 37.9. The number of fused-ring (bicyclic) bond motifs is 2. The summed E-state index contributed by atoms with van der Waals surface area (Å²) in [5, 5.41) is 23.5. The summed E-state index contributed by atoms with van der Waals surface area (Å²) in [6, 6.07) is 6.11. The van der Waals surface area contributed by atoms with Gasteiger partial charge in [-0.2, -0.15) is 20.5 Å². The van der Waals surface area contributed by atoms with E-state index in [0.29, 0.717) is 45.4 Å². The maximum absolute atomic E-state index is 17.7. The number of aromatic nitrogens is 2. The molecule has 4 aliphatic heterocycles. The first-order valence-electron chi connectivity index (χ1n) is 19.1. The van der Waals surface area contributed by atoms with Crippen molar-refractivity contribution in [3.63, 3.8) is 0 Å². The van der Waals surface area contributed by atoms with Crippen molar-refractivity contribution in [3.8, 4) is 35.0 Å². The Balaban J connectivity index is 1.25. The van der Waals surface area contributed by atoms with E-state index in [1.807, 2.05) is 4.90 Å². The molecule has 57 heavy (non-hydrogen) atoms. The van der Waals surface area contributed by atoms with Gasteiger partial charge in [-0.25, -0.2) is 18.0 Å². The number of carbonyl (C=O) groups excluding carboxylic acids is 1. The minimum atomic E-state index is -1.000. The molecule has 1 amide bonds. The van der Waals surface area contributed by atoms with Crippen molar-refractivity contribution >= 4 is 60.8 Å². The number of ether oxygens (including phenoxy) is 4. The fourth-order valence-corrected chi connectivity index (χ4v) is 10.5. The van der Waals surface area contributed by atoms with Crippen LogP contribution < -0.4 is 19.7 Å². The number of carbonyl (C=O) groups is 1. The van der Waals surface area contributed by atoms with Crippen LogP contribution in [0.5, 0.6) is 11.8 Å². The number of nitrogens with one attached hydrogen (secondary N) is 1. The summed E-state index contributed by atoms with van der Waals surface area (Å²) in [5.41, 5.74) is -2.67. The minimum absolute atomic E-state index is 0.00283. The van der Waals surface area contributed by atoms with Crippen LogP contribution in [0, 0.1) is 39.7 Å². The molecule has 4 aromatic rings. The van der Waals surface area contributed by atoms with Crippen molar-refractivity contribution in [2.75, 3.05) is 49.7 Å². The monoisotopic (exact) mass is 821 g/mol. The number of halogens is 4. The Morgan fingerprint density at radius 3 is 2.68 bits per heavy atom. The lowest BCUT2D eigenvalue weighted by atomic mass is 9.94. The normalized spacial score (nSPS) is 25.1. The van der Waals surface area contributed by atoms with Gasteiger partial charge in [-0.1, -0.05) is 17.7 Å². The number of alkyl halides is 1. The molecule has 6 heterocycles. The predicted octanol–water partition coefficient (Wildman–Crippen LogP) is 8.28. The van der Waals surface area contributed by atoms with E-state index in [1.165, 1.54) is 6.07 Å². The van der Waals surface area contributed by atoms with Gasteiger partial charge in [-0.3, -0.25) is 10.2 Å². The highest BCUT2D eigenvalue weighted by Gasteiger charge is 2.56. The van der Waals surface area contributed by atoms with E-state index >= 15 is 8.78 Å². The lowest BCUT2D eigenvalue weighted by Gasteiger charge is -2.38. The molecule has 0 radical (unpaired) electrons. The molecule has 9 rings (SSSR count). The van der Waals surface area contributed by atoms with Crippen LogP contribution in [0.4, 0.5) is 28.8 Å². The second-order valence-corrected chi connectivity index (χ2v) is 18.0. The Morgan fingerprint density at radius 1 is 1.18 bits per heavy atom. The van der Waals surface area contributed by atoms with Gasteiger partial charge in [-0.15, -0.1) is 11.3 Å². The molecule has 298 valence electrons. The third kappa shape index (κ3) is 6.27. The smallest absolute Gasteiger partial charge is 0.412 e. The minimum Gasteiger partial charge on any atom is -0.489 e. The van der Waals surface area contributed by atoms with Crippen molar-refractivity contribution in [3.05, 3.63) is 34.4 Å². The number of nitrogens with zero attached hydrogens (tertiary/aromatic N) is 6. The molecule has 5 aliphatic rings. The van der Waals surface area contributed by atoms with Gasteiger partial charge < -0.3 is 23.8 Å². The van der Waals surface area contributed by atoms with Gasteiger partial charge in [0.05, 0.1) is 56.4 Å². The molecule has 3 saturated heterocycles. The van der Waals surface area contributed by atoms with Gasteiger partial charge >= 0.3 is 12.1 Å². The molecular formula is C40H39ClF3N7O5S. The molecule has 2 aromatic heterocycles. The lowest BCUT2D eigenvalue weighted by Crippen LogP contribution is -2.51. The zero-order chi connectivity index (χ0) is 40.0. The van der Waals surface area contributed by atoms with Crippen molar-refractivity contribution in [2.45, 2.75) is 88.7 Å². The summed E-state index contributed by atoms with van der Waals surface area (Å²) in [5.74, 6) is -1.28. The zero-order valence-corrected chi connectivity index (χ0v) is 33.1. The number of amides is 1. The van der Waals surface area contributed by atoms with Gasteiger partial charge in [0.15, 0.2) is 11.6 Å². The Kier molecular flexibility index (Phi) is 9.16. The van der Waals surface area contributed by atoms with Crippen LogP contribution >= 0.6 is 22.9 Å². The molecular weight excluding hydrogens is 783 g/mol. The number of benzene rings is 2. The van der Waals surface area contributed by atoms with Crippen molar-refractivity contribution < 1.29 is 36.9 Å². The van der Waals surface area contributed by atoms with E-state index < -0.39 is 46.5 Å². The zero-order valence-electron chi connectivity index (χ0n) is 31.5. The largest absolute Gasteiger partial charge is 0.489 e. The highest BCUT2D eigenvalue weighted by atomic mass is 35.5. The number of nitriles is 2. The topological polar surface area (TPSA) is 146 Å². The first-order chi connectivity index (χ1) is 27.3. The van der Waals surface area contributed by atoms with Crippen molar-refractivity contribution in [1.82, 2.24) is 14.9 Å². The predicted molar refractivity (Wildman–Crippen MR) is 207 cm³/mol. The SMILES string of the molecule is CC(C)(C)OC(=O)Nc1sc2c(F)ccc(-c3c(Cl)c4c5c(nc(OC[C@@]67CCCN6C[C@H](F)C7)nc5c3F)N(C3CCOC3)C(C3(C#N)CC3)CO4)c2c1C#N. The van der Waals surface area contributed by atoms with Gasteiger partial charge in [0.2, 0.25) is 0 Å². The Morgan fingerprint density at radius 2 is 1.98 bits per heavy atom. The molecule has 1 saturated carbocycles. The maximum atomic E-state index is 17.7. The molecule has 0 spiro atoms. The van der Waals surface area contributed by atoms with Crippen molar-refractivity contribution in [1.29, 1.82) is 10.5 Å². The molecule has 4 fully saturated rings. The van der Waals surface area contributed by atoms with Gasteiger partial charge in [0.25, 0.3) is 0 Å². The van der Waals surface area contributed by atoms with Gasteiger partial charge in [-0.05, 0) is 71.0 Å². The highest BCUT2D eigenvalue weighted by molar-refractivity contribution is 7.23. The Labute approximate surface area is 335 Å². The second kappa shape index (κ2) is 13.8. The van der Waals surface area contributed by atoms with E-state index in [4.69, 9.17) is 35.5 Å². The van der Waals surface area contributed by atoms with E-state index in [0.717, 1.165) is 36.8 Å². The van der Waals surface area contributed by atoms with Crippen LogP contribution in [0.3, 0.4) is 0 Å². The number of thiophene rings is 1. The van der Waals surface area contributed by atoms with Gasteiger partial charge in [0, 0.05) is 30.5 Å². The lowest BCUT2D eigenvalue weighted by molar-refractivity contribution is 0.0636. The van der Waals surface area contributed by atoms with E-state index in [-0.39, 0.29) is 84.5 Å². The van der Waals surface area contributed by atoms with Crippen molar-refractivity contribution in [2.24, 2.45) is 5.41 Å². The first-order valence-corrected chi connectivity index (χ1v) is 20.3. The number of hydrogen-bond acceptors (Lipinski definition) is 12. The van der Waals surface area contributed by atoms with Crippen LogP contribution in [-0.4, -0.2) is 89.9 Å². The number of hydrogen-bond donors (Lipinski definition) is 1. The fraction of sp³-hybridized carbons (Fsp3) is 0.525. The molecule has 0 bridgehead atoms. The summed E-state index contributed by atoms with van der Waals surface area (Å²) >= 11 is 8.02. The van der Waals surface area contributed by atoms with E-state index in [1.54, 1.807) is 20.8 Å². The molecule has 17 heteroatoms.